The Morgan fingerprint density at radius 3 is 2.71 bits per heavy atom. The topological polar surface area (TPSA) is 55.8 Å². The van der Waals surface area contributed by atoms with Crippen LogP contribution in [0.5, 0.6) is 11.5 Å². The van der Waals surface area contributed by atoms with Gasteiger partial charge in [0, 0.05) is 10.0 Å². The summed E-state index contributed by atoms with van der Waals surface area (Å²) < 4.78 is 11.2. The lowest BCUT2D eigenvalue weighted by Crippen LogP contribution is -2.06. The Balaban J connectivity index is 2.14. The molecule has 0 radical (unpaired) electrons. The molecule has 5 heteroatoms. The highest BCUT2D eigenvalue weighted by molar-refractivity contribution is 9.10. The first-order valence-corrected chi connectivity index (χ1v) is 7.09. The molecule has 2 aromatic rings. The van der Waals surface area contributed by atoms with Crippen LogP contribution in [0.4, 0.5) is 0 Å². The van der Waals surface area contributed by atoms with Crippen molar-refractivity contribution in [3.8, 4) is 11.5 Å². The summed E-state index contributed by atoms with van der Waals surface area (Å²) in [7, 11) is 1.57. The van der Waals surface area contributed by atoms with Gasteiger partial charge in [-0.1, -0.05) is 27.6 Å². The summed E-state index contributed by atoms with van der Waals surface area (Å²) in [5, 5.41) is 9.70. The number of hydrogen-bond donors (Lipinski definition) is 1. The lowest BCUT2D eigenvalue weighted by atomic mass is 10.1. The average Bonchev–Trinajstić information content (AvgIpc) is 2.47. The number of esters is 1. The summed E-state index contributed by atoms with van der Waals surface area (Å²) >= 11 is 3.25. The van der Waals surface area contributed by atoms with Gasteiger partial charge in [-0.3, -0.25) is 0 Å². The molecule has 0 aliphatic rings. The van der Waals surface area contributed by atoms with Crippen LogP contribution in [0.15, 0.2) is 40.9 Å². The maximum absolute atomic E-state index is 12.0. The molecule has 0 spiro atoms. The van der Waals surface area contributed by atoms with Crippen LogP contribution in [-0.4, -0.2) is 18.2 Å². The number of aromatic hydroxyl groups is 1. The zero-order chi connectivity index (χ0) is 15.4. The number of rotatable bonds is 4. The van der Waals surface area contributed by atoms with E-state index < -0.39 is 5.97 Å². The van der Waals surface area contributed by atoms with E-state index in [1.807, 2.05) is 25.1 Å². The second-order valence-electron chi connectivity index (χ2n) is 4.55. The van der Waals surface area contributed by atoms with Crippen molar-refractivity contribution in [1.82, 2.24) is 0 Å². The largest absolute Gasteiger partial charge is 0.507 e. The lowest BCUT2D eigenvalue weighted by Gasteiger charge is -2.11. The molecule has 0 heterocycles. The molecule has 0 aliphatic carbocycles. The number of ether oxygens (including phenoxy) is 2. The van der Waals surface area contributed by atoms with Crippen molar-refractivity contribution in [2.24, 2.45) is 0 Å². The molecule has 2 rings (SSSR count). The van der Waals surface area contributed by atoms with Crippen LogP contribution in [0.3, 0.4) is 0 Å². The first-order valence-electron chi connectivity index (χ1n) is 6.30. The number of hydrogen-bond acceptors (Lipinski definition) is 4. The van der Waals surface area contributed by atoms with Gasteiger partial charge < -0.3 is 14.6 Å². The van der Waals surface area contributed by atoms with Crippen LogP contribution in [-0.2, 0) is 11.3 Å². The molecule has 0 unspecified atom stereocenters. The standard InChI is InChI=1S/C16H15BrO4/c1-10-3-6-15(20-2)11(7-10)9-21-16(19)13-8-12(17)4-5-14(13)18/h3-8,18H,9H2,1-2H3. The van der Waals surface area contributed by atoms with Crippen molar-refractivity contribution in [1.29, 1.82) is 0 Å². The van der Waals surface area contributed by atoms with Crippen LogP contribution < -0.4 is 4.74 Å². The first-order chi connectivity index (χ1) is 10.0. The van der Waals surface area contributed by atoms with E-state index in [2.05, 4.69) is 15.9 Å². The van der Waals surface area contributed by atoms with Crippen LogP contribution in [0.1, 0.15) is 21.5 Å². The molecular formula is C16H15BrO4. The summed E-state index contributed by atoms with van der Waals surface area (Å²) in [6.45, 7) is 2.03. The number of phenolic OH excluding ortho intramolecular Hbond substituents is 1. The Hall–Kier alpha value is -2.01. The molecule has 0 aromatic heterocycles. The third kappa shape index (κ3) is 3.76. The molecule has 0 atom stereocenters. The molecule has 0 saturated heterocycles. The van der Waals surface area contributed by atoms with E-state index >= 15 is 0 Å². The Kier molecular flexibility index (Phi) is 4.85. The van der Waals surface area contributed by atoms with E-state index in [0.717, 1.165) is 11.1 Å². The molecule has 0 fully saturated rings. The molecule has 4 nitrogen and oxygen atoms in total. The second kappa shape index (κ2) is 6.63. The van der Waals surface area contributed by atoms with Gasteiger partial charge in [0.2, 0.25) is 0 Å². The minimum absolute atomic E-state index is 0.0790. The zero-order valence-corrected chi connectivity index (χ0v) is 13.3. The third-order valence-electron chi connectivity index (χ3n) is 2.97. The fourth-order valence-corrected chi connectivity index (χ4v) is 2.27. The van der Waals surface area contributed by atoms with E-state index in [0.29, 0.717) is 10.2 Å². The maximum atomic E-state index is 12.0. The molecule has 0 bridgehead atoms. The molecule has 0 amide bonds. The van der Waals surface area contributed by atoms with Crippen molar-refractivity contribution in [3.63, 3.8) is 0 Å². The Labute approximate surface area is 131 Å². The van der Waals surface area contributed by atoms with Gasteiger partial charge in [0.25, 0.3) is 0 Å². The van der Waals surface area contributed by atoms with Crippen LogP contribution >= 0.6 is 15.9 Å². The summed E-state index contributed by atoms with van der Waals surface area (Å²) in [4.78, 5) is 12.0. The minimum atomic E-state index is -0.586. The monoisotopic (exact) mass is 350 g/mol. The van der Waals surface area contributed by atoms with Gasteiger partial charge in [-0.15, -0.1) is 0 Å². The summed E-state index contributed by atoms with van der Waals surface area (Å²) in [5.41, 5.74) is 1.95. The minimum Gasteiger partial charge on any atom is -0.507 e. The van der Waals surface area contributed by atoms with Crippen LogP contribution in [0, 0.1) is 6.92 Å². The average molecular weight is 351 g/mol. The van der Waals surface area contributed by atoms with Gasteiger partial charge in [-0.25, -0.2) is 4.79 Å². The molecule has 110 valence electrons. The third-order valence-corrected chi connectivity index (χ3v) is 3.47. The quantitative estimate of drug-likeness (QED) is 0.851. The van der Waals surface area contributed by atoms with Crippen LogP contribution in [0.2, 0.25) is 0 Å². The normalized spacial score (nSPS) is 10.2. The summed E-state index contributed by atoms with van der Waals surface area (Å²) in [6.07, 6.45) is 0. The van der Waals surface area contributed by atoms with Gasteiger partial charge in [-0.05, 0) is 37.3 Å². The Bertz CT molecular complexity index is 667. The highest BCUT2D eigenvalue weighted by Gasteiger charge is 2.14. The van der Waals surface area contributed by atoms with Gasteiger partial charge in [-0.2, -0.15) is 0 Å². The van der Waals surface area contributed by atoms with E-state index in [4.69, 9.17) is 9.47 Å². The van der Waals surface area contributed by atoms with Gasteiger partial charge in [0.15, 0.2) is 0 Å². The van der Waals surface area contributed by atoms with Gasteiger partial charge in [0.1, 0.15) is 23.7 Å². The molecule has 0 saturated carbocycles. The summed E-state index contributed by atoms with van der Waals surface area (Å²) in [5.74, 6) is -0.0383. The van der Waals surface area contributed by atoms with Gasteiger partial charge >= 0.3 is 5.97 Å². The zero-order valence-electron chi connectivity index (χ0n) is 11.7. The number of carbonyl (C=O) groups excluding carboxylic acids is 1. The summed E-state index contributed by atoms with van der Waals surface area (Å²) in [6, 6.07) is 10.3. The van der Waals surface area contributed by atoms with Crippen molar-refractivity contribution >= 4 is 21.9 Å². The SMILES string of the molecule is COc1ccc(C)cc1COC(=O)c1cc(Br)ccc1O. The number of benzene rings is 2. The molecule has 2 aromatic carbocycles. The fourth-order valence-electron chi connectivity index (χ4n) is 1.91. The number of methoxy groups -OCH3 is 1. The lowest BCUT2D eigenvalue weighted by molar-refractivity contribution is 0.0466. The number of halogens is 1. The van der Waals surface area contributed by atoms with E-state index in [1.54, 1.807) is 13.2 Å². The van der Waals surface area contributed by atoms with Crippen molar-refractivity contribution in [3.05, 3.63) is 57.6 Å². The first kappa shape index (κ1) is 15.4. The molecule has 1 N–H and O–H groups in total. The predicted molar refractivity (Wildman–Crippen MR) is 82.7 cm³/mol. The molecular weight excluding hydrogens is 336 g/mol. The fraction of sp³-hybridized carbons (Fsp3) is 0.188. The predicted octanol–water partition coefficient (Wildman–Crippen LogP) is 3.83. The van der Waals surface area contributed by atoms with Crippen LogP contribution in [0.25, 0.3) is 0 Å². The molecule has 0 aliphatic heterocycles. The number of phenols is 1. The smallest absolute Gasteiger partial charge is 0.342 e. The second-order valence-corrected chi connectivity index (χ2v) is 5.47. The molecule has 21 heavy (non-hydrogen) atoms. The Morgan fingerprint density at radius 2 is 2.00 bits per heavy atom. The maximum Gasteiger partial charge on any atom is 0.342 e. The van der Waals surface area contributed by atoms with Gasteiger partial charge in [0.05, 0.1) is 7.11 Å². The van der Waals surface area contributed by atoms with Crippen molar-refractivity contribution in [2.75, 3.05) is 7.11 Å². The van der Waals surface area contributed by atoms with E-state index in [9.17, 15) is 9.90 Å². The van der Waals surface area contributed by atoms with E-state index in [1.165, 1.54) is 12.1 Å². The highest BCUT2D eigenvalue weighted by atomic mass is 79.9. The van der Waals surface area contributed by atoms with E-state index in [-0.39, 0.29) is 17.9 Å². The number of carbonyl (C=O) groups is 1. The Morgan fingerprint density at radius 1 is 1.24 bits per heavy atom. The van der Waals surface area contributed by atoms with Crippen molar-refractivity contribution < 1.29 is 19.4 Å². The number of aryl methyl sites for hydroxylation is 1. The van der Waals surface area contributed by atoms with Crippen molar-refractivity contribution in [2.45, 2.75) is 13.5 Å². The highest BCUT2D eigenvalue weighted by Crippen LogP contribution is 2.24.